The van der Waals surface area contributed by atoms with Gasteiger partial charge < -0.3 is 20.6 Å². The average Bonchev–Trinajstić information content (AvgIpc) is 3.56. The van der Waals surface area contributed by atoms with Crippen molar-refractivity contribution in [2.24, 2.45) is 5.16 Å². The zero-order chi connectivity index (χ0) is 28.2. The summed E-state index contributed by atoms with van der Waals surface area (Å²) < 4.78 is 1.41. The van der Waals surface area contributed by atoms with E-state index in [4.69, 9.17) is 11.3 Å². The number of thiazole rings is 1. The normalized spacial score (nSPS) is 20.6. The number of carboxylic acid groups (broad SMARTS) is 1. The standard InChI is InChI=1S/C21H19N9O6S4/c1-2-3-29-21(25-27-28-29)40-5-10-4-38-18-14(17(33)30(18)15(10)19(34)35)24-16(32)13(26-36-11-6-37-7-11)12-8-39-20(23-12)22-9-31/h1,8-9,11,14,18H,3-7H2,(H,24,32)(H,34,35)(H,22,23,31)/t14?,18-/m0/s1. The molecule has 0 aliphatic carbocycles. The Morgan fingerprint density at radius 2 is 2.23 bits per heavy atom. The number of amides is 3. The molecule has 0 aromatic carbocycles. The monoisotopic (exact) mass is 621 g/mol. The van der Waals surface area contributed by atoms with Crippen LogP contribution in [0.4, 0.5) is 5.13 Å². The highest BCUT2D eigenvalue weighted by molar-refractivity contribution is 8.01. The molecular formula is C21H19N9O6S4. The Morgan fingerprint density at radius 3 is 2.92 bits per heavy atom. The van der Waals surface area contributed by atoms with Crippen LogP contribution in [-0.2, 0) is 30.6 Å². The van der Waals surface area contributed by atoms with Gasteiger partial charge in [-0.2, -0.15) is 11.8 Å². The smallest absolute Gasteiger partial charge is 0.352 e. The molecule has 15 nitrogen and oxygen atoms in total. The van der Waals surface area contributed by atoms with E-state index in [2.05, 4.69) is 42.2 Å². The van der Waals surface area contributed by atoms with Crippen LogP contribution in [0.15, 0.2) is 27.0 Å². The summed E-state index contributed by atoms with van der Waals surface area (Å²) in [4.78, 5) is 60.2. The third-order valence-corrected chi connectivity index (χ3v) is 10.1. The first kappa shape index (κ1) is 27.9. The lowest BCUT2D eigenvalue weighted by Crippen LogP contribution is -2.71. The quantitative estimate of drug-likeness (QED) is 0.0699. The number of β-lactam (4-membered cyclic amide) rings is 1. The largest absolute Gasteiger partial charge is 0.477 e. The van der Waals surface area contributed by atoms with Crippen molar-refractivity contribution < 1.29 is 29.1 Å². The predicted molar refractivity (Wildman–Crippen MR) is 148 cm³/mol. The van der Waals surface area contributed by atoms with E-state index in [1.165, 1.54) is 38.5 Å². The van der Waals surface area contributed by atoms with Gasteiger partial charge in [-0.25, -0.2) is 14.5 Å². The Labute approximate surface area is 242 Å². The molecule has 3 aliphatic rings. The molecule has 3 N–H and O–H groups in total. The zero-order valence-corrected chi connectivity index (χ0v) is 23.5. The van der Waals surface area contributed by atoms with E-state index in [0.717, 1.165) is 22.8 Å². The summed E-state index contributed by atoms with van der Waals surface area (Å²) in [6, 6.07) is -0.986. The molecule has 5 rings (SSSR count). The third kappa shape index (κ3) is 5.65. The van der Waals surface area contributed by atoms with Crippen molar-refractivity contribution in [3.05, 3.63) is 22.3 Å². The molecule has 1 unspecified atom stereocenters. The molecule has 2 saturated heterocycles. The van der Waals surface area contributed by atoms with Crippen LogP contribution >= 0.6 is 46.6 Å². The number of terminal acetylenes is 1. The van der Waals surface area contributed by atoms with Crippen molar-refractivity contribution >= 4 is 81.7 Å². The minimum Gasteiger partial charge on any atom is -0.477 e. The second-order valence-corrected chi connectivity index (χ2v) is 12.2. The lowest BCUT2D eigenvalue weighted by molar-refractivity contribution is -0.150. The van der Waals surface area contributed by atoms with E-state index in [9.17, 15) is 24.3 Å². The molecule has 2 aromatic heterocycles. The van der Waals surface area contributed by atoms with Crippen LogP contribution in [0.5, 0.6) is 0 Å². The van der Waals surface area contributed by atoms with Gasteiger partial charge in [0.05, 0.1) is 0 Å². The van der Waals surface area contributed by atoms with Crippen LogP contribution in [0.25, 0.3) is 0 Å². The second kappa shape index (κ2) is 12.3. The summed E-state index contributed by atoms with van der Waals surface area (Å²) in [7, 11) is 0. The van der Waals surface area contributed by atoms with E-state index in [0.29, 0.717) is 22.9 Å². The maximum Gasteiger partial charge on any atom is 0.352 e. The molecule has 0 bridgehead atoms. The van der Waals surface area contributed by atoms with Crippen LogP contribution < -0.4 is 10.6 Å². The molecule has 5 heterocycles. The highest BCUT2D eigenvalue weighted by Crippen LogP contribution is 2.41. The fourth-order valence-corrected chi connectivity index (χ4v) is 7.31. The van der Waals surface area contributed by atoms with Crippen LogP contribution in [0.3, 0.4) is 0 Å². The number of tetrazole rings is 1. The molecule has 0 spiro atoms. The number of carbonyl (C=O) groups excluding carboxylic acids is 3. The van der Waals surface area contributed by atoms with Gasteiger partial charge in [0, 0.05) is 28.4 Å². The number of rotatable bonds is 12. The minimum atomic E-state index is -1.26. The summed E-state index contributed by atoms with van der Waals surface area (Å²) >= 11 is 5.30. The van der Waals surface area contributed by atoms with Gasteiger partial charge in [0.25, 0.3) is 11.8 Å². The Kier molecular flexibility index (Phi) is 8.58. The molecule has 2 fully saturated rings. The first-order chi connectivity index (χ1) is 19.4. The van der Waals surface area contributed by atoms with E-state index in [-0.39, 0.29) is 40.6 Å². The van der Waals surface area contributed by atoms with Crippen molar-refractivity contribution in [1.29, 1.82) is 0 Å². The third-order valence-electron chi connectivity index (χ3n) is 5.70. The number of hydrogen-bond acceptors (Lipinski definition) is 14. The topological polar surface area (TPSA) is 194 Å². The van der Waals surface area contributed by atoms with Gasteiger partial charge in [-0.05, 0) is 16.0 Å². The summed E-state index contributed by atoms with van der Waals surface area (Å²) in [5.41, 5.74) is 0.386. The van der Waals surface area contributed by atoms with Gasteiger partial charge in [0.2, 0.25) is 11.6 Å². The van der Waals surface area contributed by atoms with Gasteiger partial charge >= 0.3 is 5.97 Å². The lowest BCUT2D eigenvalue weighted by atomic mass is 10.0. The van der Waals surface area contributed by atoms with Gasteiger partial charge in [-0.15, -0.1) is 34.6 Å². The van der Waals surface area contributed by atoms with Crippen molar-refractivity contribution in [2.75, 3.05) is 28.3 Å². The lowest BCUT2D eigenvalue weighted by Gasteiger charge is -2.49. The van der Waals surface area contributed by atoms with E-state index >= 15 is 0 Å². The van der Waals surface area contributed by atoms with Crippen molar-refractivity contribution in [3.8, 4) is 12.3 Å². The van der Waals surface area contributed by atoms with E-state index < -0.39 is 29.2 Å². The predicted octanol–water partition coefficient (Wildman–Crippen LogP) is -0.302. The number of aliphatic carboxylic acids is 1. The molecule has 3 amide bonds. The Morgan fingerprint density at radius 1 is 1.40 bits per heavy atom. The Bertz CT molecular complexity index is 1450. The maximum atomic E-state index is 13.3. The second-order valence-electron chi connectivity index (χ2n) is 8.24. The van der Waals surface area contributed by atoms with Crippen molar-refractivity contribution in [2.45, 2.75) is 29.2 Å². The fraction of sp³-hybridized carbons (Fsp3) is 0.381. The van der Waals surface area contributed by atoms with Crippen molar-refractivity contribution in [1.82, 2.24) is 35.4 Å². The first-order valence-electron chi connectivity index (χ1n) is 11.4. The molecule has 40 heavy (non-hydrogen) atoms. The molecule has 0 saturated carbocycles. The number of oxime groups is 1. The first-order valence-corrected chi connectivity index (χ1v) is 15.5. The van der Waals surface area contributed by atoms with Gasteiger partial charge in [-0.3, -0.25) is 19.3 Å². The van der Waals surface area contributed by atoms with Gasteiger partial charge in [0.1, 0.15) is 35.5 Å². The zero-order valence-electron chi connectivity index (χ0n) is 20.3. The molecule has 208 valence electrons. The number of carbonyl (C=O) groups is 4. The van der Waals surface area contributed by atoms with Gasteiger partial charge in [-0.1, -0.05) is 22.8 Å². The van der Waals surface area contributed by atoms with Crippen molar-refractivity contribution in [3.63, 3.8) is 0 Å². The highest BCUT2D eigenvalue weighted by Gasteiger charge is 2.54. The molecule has 19 heteroatoms. The maximum absolute atomic E-state index is 13.3. The summed E-state index contributed by atoms with van der Waals surface area (Å²) in [5, 5.41) is 31.9. The van der Waals surface area contributed by atoms with Crippen LogP contribution in [-0.4, -0.2) is 106 Å². The van der Waals surface area contributed by atoms with Crippen LogP contribution in [0.1, 0.15) is 5.69 Å². The van der Waals surface area contributed by atoms with Crippen LogP contribution in [0, 0.1) is 12.3 Å². The average molecular weight is 622 g/mol. The highest BCUT2D eigenvalue weighted by atomic mass is 32.2. The summed E-state index contributed by atoms with van der Waals surface area (Å²) in [5.74, 6) is 1.89. The fourth-order valence-electron chi connectivity index (χ4n) is 3.75. The SMILES string of the molecule is C#CCn1nnnc1SCC1=C(C(=O)O)N2C(=O)C(NC(=O)C(=NOC3CSC3)c3csc(NC=O)n3)[C@@H]2SC1. The number of aromatic nitrogens is 5. The Balaban J connectivity index is 1.30. The van der Waals surface area contributed by atoms with E-state index in [1.54, 1.807) is 11.8 Å². The number of anilines is 1. The number of nitrogens with zero attached hydrogens (tertiary/aromatic N) is 7. The summed E-state index contributed by atoms with van der Waals surface area (Å²) in [6.45, 7) is 0.161. The van der Waals surface area contributed by atoms with Gasteiger partial charge in [0.15, 0.2) is 10.8 Å². The number of thioether (sulfide) groups is 3. The molecule has 2 aromatic rings. The number of hydrogen-bond donors (Lipinski definition) is 3. The van der Waals surface area contributed by atoms with Crippen LogP contribution in [0.2, 0.25) is 0 Å². The minimum absolute atomic E-state index is 0.133. The number of carboxylic acids is 1. The molecule has 0 radical (unpaired) electrons. The molecule has 2 atom stereocenters. The molecular weight excluding hydrogens is 603 g/mol. The molecule has 3 aliphatic heterocycles. The summed E-state index contributed by atoms with van der Waals surface area (Å²) in [6.07, 6.45) is 5.64. The number of fused-ring (bicyclic) bond motifs is 1. The Hall–Kier alpha value is -3.60. The number of nitrogens with one attached hydrogen (secondary N) is 2. The van der Waals surface area contributed by atoms with E-state index in [1.807, 2.05) is 0 Å².